The summed E-state index contributed by atoms with van der Waals surface area (Å²) in [5, 5.41) is 9.11. The Morgan fingerprint density at radius 3 is 2.53 bits per heavy atom. The molecular formula is C14H12BrNO3. The van der Waals surface area contributed by atoms with Crippen LogP contribution in [0, 0.1) is 0 Å². The van der Waals surface area contributed by atoms with Crippen LogP contribution in [0.15, 0.2) is 46.9 Å². The fourth-order valence-electron chi connectivity index (χ4n) is 1.64. The van der Waals surface area contributed by atoms with Crippen LogP contribution in [0.1, 0.15) is 15.9 Å². The number of nitrogen functional groups attached to an aromatic ring is 1. The van der Waals surface area contributed by atoms with Gasteiger partial charge in [-0.15, -0.1) is 0 Å². The van der Waals surface area contributed by atoms with Crippen molar-refractivity contribution in [2.24, 2.45) is 0 Å². The molecule has 0 saturated carbocycles. The predicted octanol–water partition coefficient (Wildman–Crippen LogP) is 3.31. The minimum Gasteiger partial charge on any atom is -0.488 e. The molecule has 0 aromatic heterocycles. The zero-order chi connectivity index (χ0) is 13.8. The van der Waals surface area contributed by atoms with Gasteiger partial charge in [0.2, 0.25) is 0 Å². The Hall–Kier alpha value is -2.01. The van der Waals surface area contributed by atoms with E-state index in [2.05, 4.69) is 15.9 Å². The molecule has 0 spiro atoms. The van der Waals surface area contributed by atoms with Gasteiger partial charge in [0.1, 0.15) is 17.9 Å². The lowest BCUT2D eigenvalue weighted by atomic mass is 10.1. The number of anilines is 1. The van der Waals surface area contributed by atoms with Gasteiger partial charge < -0.3 is 15.6 Å². The number of carbonyl (C=O) groups is 1. The fraction of sp³-hybridized carbons (Fsp3) is 0.0714. The minimum atomic E-state index is -1.09. The summed E-state index contributed by atoms with van der Waals surface area (Å²) in [6.07, 6.45) is 0. The lowest BCUT2D eigenvalue weighted by Crippen LogP contribution is -2.06. The Morgan fingerprint density at radius 1 is 1.21 bits per heavy atom. The first-order valence-electron chi connectivity index (χ1n) is 5.57. The number of carboxylic acid groups (broad SMARTS) is 1. The maximum Gasteiger partial charge on any atom is 0.341 e. The SMILES string of the molecule is Nc1cccc(OCc2ccc(Br)cc2)c1C(=O)O. The van der Waals surface area contributed by atoms with Crippen LogP contribution in [0.2, 0.25) is 0 Å². The van der Waals surface area contributed by atoms with Crippen molar-refractivity contribution in [3.05, 3.63) is 58.1 Å². The second-order valence-electron chi connectivity index (χ2n) is 3.94. The largest absolute Gasteiger partial charge is 0.488 e. The van der Waals surface area contributed by atoms with Gasteiger partial charge in [-0.25, -0.2) is 4.79 Å². The third-order valence-electron chi connectivity index (χ3n) is 2.58. The van der Waals surface area contributed by atoms with Gasteiger partial charge in [0.25, 0.3) is 0 Å². The van der Waals surface area contributed by atoms with Gasteiger partial charge in [-0.3, -0.25) is 0 Å². The van der Waals surface area contributed by atoms with Crippen LogP contribution in [0.25, 0.3) is 0 Å². The molecule has 0 radical (unpaired) electrons. The highest BCUT2D eigenvalue weighted by molar-refractivity contribution is 9.10. The second kappa shape index (κ2) is 5.75. The average Bonchev–Trinajstić information content (AvgIpc) is 2.37. The molecular weight excluding hydrogens is 310 g/mol. The summed E-state index contributed by atoms with van der Waals surface area (Å²) in [6.45, 7) is 0.289. The molecule has 0 aliphatic carbocycles. The number of hydrogen-bond acceptors (Lipinski definition) is 3. The van der Waals surface area contributed by atoms with Crippen molar-refractivity contribution in [1.29, 1.82) is 0 Å². The van der Waals surface area contributed by atoms with E-state index in [0.717, 1.165) is 10.0 Å². The average molecular weight is 322 g/mol. The monoisotopic (exact) mass is 321 g/mol. The number of ether oxygens (including phenoxy) is 1. The molecule has 0 fully saturated rings. The zero-order valence-corrected chi connectivity index (χ0v) is 11.6. The molecule has 2 aromatic carbocycles. The normalized spacial score (nSPS) is 10.2. The number of nitrogens with two attached hydrogens (primary N) is 1. The molecule has 98 valence electrons. The first-order valence-corrected chi connectivity index (χ1v) is 6.36. The summed E-state index contributed by atoms with van der Waals surface area (Å²) in [6, 6.07) is 12.4. The molecule has 0 heterocycles. The van der Waals surface area contributed by atoms with E-state index < -0.39 is 5.97 Å². The molecule has 0 aliphatic rings. The summed E-state index contributed by atoms with van der Waals surface area (Å²) >= 11 is 3.35. The van der Waals surface area contributed by atoms with E-state index in [1.54, 1.807) is 12.1 Å². The highest BCUT2D eigenvalue weighted by Crippen LogP contribution is 2.25. The van der Waals surface area contributed by atoms with Gasteiger partial charge in [-0.05, 0) is 29.8 Å². The maximum atomic E-state index is 11.1. The van der Waals surface area contributed by atoms with Crippen molar-refractivity contribution in [1.82, 2.24) is 0 Å². The zero-order valence-electron chi connectivity index (χ0n) is 9.97. The van der Waals surface area contributed by atoms with E-state index >= 15 is 0 Å². The first-order chi connectivity index (χ1) is 9.08. The number of hydrogen-bond donors (Lipinski definition) is 2. The molecule has 3 N–H and O–H groups in total. The standard InChI is InChI=1S/C14H12BrNO3/c15-10-6-4-9(5-7-10)8-19-12-3-1-2-11(16)13(12)14(17)18/h1-7H,8,16H2,(H,17,18). The lowest BCUT2D eigenvalue weighted by molar-refractivity contribution is 0.0693. The maximum absolute atomic E-state index is 11.1. The van der Waals surface area contributed by atoms with Gasteiger partial charge in [0, 0.05) is 10.2 Å². The molecule has 2 rings (SSSR count). The summed E-state index contributed by atoms with van der Waals surface area (Å²) in [5.74, 6) is -0.820. The molecule has 0 saturated heterocycles. The smallest absolute Gasteiger partial charge is 0.341 e. The Morgan fingerprint density at radius 2 is 1.89 bits per heavy atom. The Bertz CT molecular complexity index is 596. The molecule has 19 heavy (non-hydrogen) atoms. The Labute approximate surface area is 118 Å². The summed E-state index contributed by atoms with van der Waals surface area (Å²) in [7, 11) is 0. The molecule has 0 atom stereocenters. The van der Waals surface area contributed by atoms with Crippen molar-refractivity contribution in [3.8, 4) is 5.75 Å². The van der Waals surface area contributed by atoms with E-state index in [-0.39, 0.29) is 23.6 Å². The molecule has 0 amide bonds. The third-order valence-corrected chi connectivity index (χ3v) is 3.11. The highest BCUT2D eigenvalue weighted by Gasteiger charge is 2.14. The molecule has 0 bridgehead atoms. The topological polar surface area (TPSA) is 72.5 Å². The lowest BCUT2D eigenvalue weighted by Gasteiger charge is -2.10. The number of aromatic carboxylic acids is 1. The number of carboxylic acids is 1. The second-order valence-corrected chi connectivity index (χ2v) is 4.86. The quantitative estimate of drug-likeness (QED) is 0.847. The summed E-state index contributed by atoms with van der Waals surface area (Å²) in [5.41, 5.74) is 6.79. The highest BCUT2D eigenvalue weighted by atomic mass is 79.9. The Balaban J connectivity index is 2.18. The van der Waals surface area contributed by atoms with Crippen molar-refractivity contribution in [3.63, 3.8) is 0 Å². The predicted molar refractivity (Wildman–Crippen MR) is 76.3 cm³/mol. The van der Waals surface area contributed by atoms with Crippen LogP contribution in [-0.2, 0) is 6.61 Å². The van der Waals surface area contributed by atoms with E-state index in [4.69, 9.17) is 15.6 Å². The number of benzene rings is 2. The Kier molecular flexibility index (Phi) is 4.06. The molecule has 0 aliphatic heterocycles. The van der Waals surface area contributed by atoms with Crippen LogP contribution in [0.3, 0.4) is 0 Å². The molecule has 5 heteroatoms. The van der Waals surface area contributed by atoms with Crippen LogP contribution in [0.5, 0.6) is 5.75 Å². The minimum absolute atomic E-state index is 0.000360. The van der Waals surface area contributed by atoms with Crippen LogP contribution >= 0.6 is 15.9 Å². The number of halogens is 1. The van der Waals surface area contributed by atoms with Crippen molar-refractivity contribution in [2.45, 2.75) is 6.61 Å². The van der Waals surface area contributed by atoms with Crippen molar-refractivity contribution >= 4 is 27.6 Å². The van der Waals surface area contributed by atoms with Crippen LogP contribution < -0.4 is 10.5 Å². The molecule has 2 aromatic rings. The van der Waals surface area contributed by atoms with Gasteiger partial charge in [0.15, 0.2) is 0 Å². The van der Waals surface area contributed by atoms with E-state index in [1.807, 2.05) is 24.3 Å². The summed E-state index contributed by atoms with van der Waals surface area (Å²) in [4.78, 5) is 11.1. The van der Waals surface area contributed by atoms with Gasteiger partial charge in [0.05, 0.1) is 0 Å². The molecule has 0 unspecified atom stereocenters. The van der Waals surface area contributed by atoms with Crippen LogP contribution in [0.4, 0.5) is 5.69 Å². The molecule has 4 nitrogen and oxygen atoms in total. The van der Waals surface area contributed by atoms with Gasteiger partial charge in [-0.1, -0.05) is 34.1 Å². The fourth-order valence-corrected chi connectivity index (χ4v) is 1.90. The van der Waals surface area contributed by atoms with Crippen LogP contribution in [-0.4, -0.2) is 11.1 Å². The first kappa shape index (κ1) is 13.4. The van der Waals surface area contributed by atoms with E-state index in [1.165, 1.54) is 6.07 Å². The van der Waals surface area contributed by atoms with Crippen molar-refractivity contribution < 1.29 is 14.6 Å². The third kappa shape index (κ3) is 3.26. The summed E-state index contributed by atoms with van der Waals surface area (Å²) < 4.78 is 6.51. The van der Waals surface area contributed by atoms with E-state index in [9.17, 15) is 4.79 Å². The van der Waals surface area contributed by atoms with Gasteiger partial charge >= 0.3 is 5.97 Å². The van der Waals surface area contributed by atoms with E-state index in [0.29, 0.717) is 0 Å². The van der Waals surface area contributed by atoms with Gasteiger partial charge in [-0.2, -0.15) is 0 Å². The van der Waals surface area contributed by atoms with Crippen molar-refractivity contribution in [2.75, 3.05) is 5.73 Å². The number of rotatable bonds is 4.